The van der Waals surface area contributed by atoms with Gasteiger partial charge in [-0.15, -0.1) is 12.4 Å². The Morgan fingerprint density at radius 1 is 1.18 bits per heavy atom. The van der Waals surface area contributed by atoms with Crippen molar-refractivity contribution in [2.45, 2.75) is 25.7 Å². The molecule has 2 aliphatic heterocycles. The quantitative estimate of drug-likeness (QED) is 0.767. The number of likely N-dealkylation sites (tertiary alicyclic amines) is 1. The predicted octanol–water partition coefficient (Wildman–Crippen LogP) is 1.17. The predicted molar refractivity (Wildman–Crippen MR) is 67.8 cm³/mol. The first-order valence-electron chi connectivity index (χ1n) is 6.20. The van der Waals surface area contributed by atoms with Gasteiger partial charge in [0.2, 0.25) is 5.91 Å². The van der Waals surface area contributed by atoms with Crippen molar-refractivity contribution in [1.82, 2.24) is 10.2 Å². The Kier molecular flexibility index (Phi) is 5.73. The van der Waals surface area contributed by atoms with Crippen LogP contribution in [0.3, 0.4) is 0 Å². The molecule has 2 aliphatic rings. The van der Waals surface area contributed by atoms with Crippen LogP contribution in [0.25, 0.3) is 0 Å². The maximum absolute atomic E-state index is 12.2. The third-order valence-corrected chi connectivity index (χ3v) is 3.68. The van der Waals surface area contributed by atoms with Crippen molar-refractivity contribution in [3.8, 4) is 6.07 Å². The van der Waals surface area contributed by atoms with E-state index in [1.165, 1.54) is 0 Å². The molecule has 0 bridgehead atoms. The van der Waals surface area contributed by atoms with Crippen LogP contribution in [-0.4, -0.2) is 37.0 Å². The summed E-state index contributed by atoms with van der Waals surface area (Å²) in [6, 6.07) is 2.29. The van der Waals surface area contributed by atoms with Crippen LogP contribution >= 0.6 is 12.4 Å². The maximum Gasteiger partial charge on any atom is 0.225 e. The van der Waals surface area contributed by atoms with Gasteiger partial charge < -0.3 is 10.2 Å². The minimum absolute atomic E-state index is 0. The second-order valence-electron chi connectivity index (χ2n) is 4.75. The average Bonchev–Trinajstić information content (AvgIpc) is 2.39. The van der Waals surface area contributed by atoms with Crippen LogP contribution in [0.15, 0.2) is 0 Å². The highest BCUT2D eigenvalue weighted by Gasteiger charge is 2.28. The van der Waals surface area contributed by atoms with Gasteiger partial charge in [-0.1, -0.05) is 0 Å². The number of carbonyl (C=O) groups excluding carboxylic acids is 1. The molecule has 1 amide bonds. The number of halogens is 1. The van der Waals surface area contributed by atoms with Crippen LogP contribution in [0.1, 0.15) is 25.7 Å². The van der Waals surface area contributed by atoms with Crippen LogP contribution < -0.4 is 5.32 Å². The Morgan fingerprint density at radius 2 is 1.76 bits per heavy atom. The van der Waals surface area contributed by atoms with Crippen molar-refractivity contribution in [3.63, 3.8) is 0 Å². The minimum Gasteiger partial charge on any atom is -0.342 e. The Balaban J connectivity index is 0.00000144. The molecule has 96 valence electrons. The van der Waals surface area contributed by atoms with Crippen LogP contribution in [0.2, 0.25) is 0 Å². The van der Waals surface area contributed by atoms with Gasteiger partial charge >= 0.3 is 0 Å². The maximum atomic E-state index is 12.2. The standard InChI is InChI=1S/C12H19N3O.ClH/c13-9-10-3-7-15(8-4-10)12(16)11-1-5-14-6-2-11;/h10-11,14H,1-8H2;1H. The SMILES string of the molecule is Cl.N#CC1CCN(C(=O)C2CCNCC2)CC1. The molecular weight excluding hydrogens is 238 g/mol. The van der Waals surface area contributed by atoms with E-state index in [-0.39, 0.29) is 24.2 Å². The van der Waals surface area contributed by atoms with Crippen molar-refractivity contribution < 1.29 is 4.79 Å². The van der Waals surface area contributed by atoms with Crippen molar-refractivity contribution in [2.24, 2.45) is 11.8 Å². The molecule has 2 heterocycles. The Labute approximate surface area is 109 Å². The van der Waals surface area contributed by atoms with E-state index in [0.29, 0.717) is 5.91 Å². The number of amides is 1. The fourth-order valence-electron chi connectivity index (χ4n) is 2.56. The molecule has 17 heavy (non-hydrogen) atoms. The molecule has 0 aromatic rings. The summed E-state index contributed by atoms with van der Waals surface area (Å²) in [4.78, 5) is 14.1. The number of nitrogens with zero attached hydrogens (tertiary/aromatic N) is 2. The lowest BCUT2D eigenvalue weighted by atomic mass is 9.93. The van der Waals surface area contributed by atoms with E-state index in [2.05, 4.69) is 11.4 Å². The number of nitriles is 1. The number of hydrogen-bond donors (Lipinski definition) is 1. The molecule has 4 nitrogen and oxygen atoms in total. The molecule has 2 fully saturated rings. The van der Waals surface area contributed by atoms with Gasteiger partial charge in [-0.3, -0.25) is 4.79 Å². The normalized spacial score (nSPS) is 22.6. The number of nitrogens with one attached hydrogen (secondary N) is 1. The molecule has 2 saturated heterocycles. The summed E-state index contributed by atoms with van der Waals surface area (Å²) < 4.78 is 0. The first-order valence-corrected chi connectivity index (χ1v) is 6.20. The van der Waals surface area contributed by atoms with Gasteiger partial charge in [0.25, 0.3) is 0 Å². The van der Waals surface area contributed by atoms with Crippen molar-refractivity contribution in [1.29, 1.82) is 5.26 Å². The van der Waals surface area contributed by atoms with E-state index < -0.39 is 0 Å². The second-order valence-corrected chi connectivity index (χ2v) is 4.75. The summed E-state index contributed by atoms with van der Waals surface area (Å²) in [7, 11) is 0. The van der Waals surface area contributed by atoms with E-state index in [1.54, 1.807) is 0 Å². The fraction of sp³-hybridized carbons (Fsp3) is 0.833. The first-order chi connectivity index (χ1) is 7.81. The minimum atomic E-state index is 0. The molecule has 0 aliphatic carbocycles. The Bertz CT molecular complexity index is 289. The van der Waals surface area contributed by atoms with Gasteiger partial charge in [-0.05, 0) is 38.8 Å². The molecule has 1 N–H and O–H groups in total. The zero-order valence-corrected chi connectivity index (χ0v) is 10.8. The number of hydrogen-bond acceptors (Lipinski definition) is 3. The molecule has 0 unspecified atom stereocenters. The molecule has 0 spiro atoms. The number of rotatable bonds is 1. The molecule has 0 saturated carbocycles. The second kappa shape index (κ2) is 6.83. The Hall–Kier alpha value is -0.790. The number of piperidine rings is 2. The van der Waals surface area contributed by atoms with Crippen molar-refractivity contribution in [2.75, 3.05) is 26.2 Å². The molecule has 0 aromatic heterocycles. The summed E-state index contributed by atoms with van der Waals surface area (Å²) in [5, 5.41) is 12.1. The summed E-state index contributed by atoms with van der Waals surface area (Å²) in [5.74, 6) is 0.704. The monoisotopic (exact) mass is 257 g/mol. The smallest absolute Gasteiger partial charge is 0.225 e. The molecule has 0 radical (unpaired) electrons. The van der Waals surface area contributed by atoms with Gasteiger partial charge in [0.05, 0.1) is 6.07 Å². The van der Waals surface area contributed by atoms with Gasteiger partial charge in [-0.2, -0.15) is 5.26 Å². The molecule has 2 rings (SSSR count). The topological polar surface area (TPSA) is 56.1 Å². The molecule has 5 heteroatoms. The van der Waals surface area contributed by atoms with Crippen molar-refractivity contribution >= 4 is 18.3 Å². The number of carbonyl (C=O) groups is 1. The van der Waals surface area contributed by atoms with E-state index >= 15 is 0 Å². The Morgan fingerprint density at radius 3 is 2.29 bits per heavy atom. The third-order valence-electron chi connectivity index (χ3n) is 3.68. The first kappa shape index (κ1) is 14.3. The third kappa shape index (κ3) is 3.58. The van der Waals surface area contributed by atoms with E-state index in [1.807, 2.05) is 4.90 Å². The largest absolute Gasteiger partial charge is 0.342 e. The summed E-state index contributed by atoms with van der Waals surface area (Å²) in [6.07, 6.45) is 3.65. The molecular formula is C12H20ClN3O. The fourth-order valence-corrected chi connectivity index (χ4v) is 2.56. The van der Waals surface area contributed by atoms with Gasteiger partial charge in [0, 0.05) is 24.9 Å². The lowest BCUT2D eigenvalue weighted by molar-refractivity contribution is -0.137. The summed E-state index contributed by atoms with van der Waals surface area (Å²) in [6.45, 7) is 3.48. The highest BCUT2D eigenvalue weighted by atomic mass is 35.5. The van der Waals surface area contributed by atoms with E-state index in [4.69, 9.17) is 5.26 Å². The molecule has 0 aromatic carbocycles. The van der Waals surface area contributed by atoms with Gasteiger partial charge in [-0.25, -0.2) is 0 Å². The van der Waals surface area contributed by atoms with Crippen LogP contribution in [0.4, 0.5) is 0 Å². The summed E-state index contributed by atoms with van der Waals surface area (Å²) in [5.41, 5.74) is 0. The highest BCUT2D eigenvalue weighted by molar-refractivity contribution is 5.85. The lowest BCUT2D eigenvalue weighted by Crippen LogP contribution is -2.44. The zero-order chi connectivity index (χ0) is 11.4. The lowest BCUT2D eigenvalue weighted by Gasteiger charge is -2.33. The van der Waals surface area contributed by atoms with Crippen LogP contribution in [0.5, 0.6) is 0 Å². The van der Waals surface area contributed by atoms with Crippen LogP contribution in [-0.2, 0) is 4.79 Å². The highest BCUT2D eigenvalue weighted by Crippen LogP contribution is 2.21. The van der Waals surface area contributed by atoms with Crippen molar-refractivity contribution in [3.05, 3.63) is 0 Å². The zero-order valence-electron chi connectivity index (χ0n) is 10.0. The molecule has 0 atom stereocenters. The van der Waals surface area contributed by atoms with E-state index in [0.717, 1.165) is 51.9 Å². The van der Waals surface area contributed by atoms with Gasteiger partial charge in [0.15, 0.2) is 0 Å². The van der Waals surface area contributed by atoms with E-state index in [9.17, 15) is 4.79 Å². The van der Waals surface area contributed by atoms with Crippen LogP contribution in [0, 0.1) is 23.2 Å². The van der Waals surface area contributed by atoms with Gasteiger partial charge in [0.1, 0.15) is 0 Å². The summed E-state index contributed by atoms with van der Waals surface area (Å²) >= 11 is 0. The average molecular weight is 258 g/mol.